The van der Waals surface area contributed by atoms with Gasteiger partial charge in [0.25, 0.3) is 0 Å². The summed E-state index contributed by atoms with van der Waals surface area (Å²) in [6, 6.07) is 7.44. The number of nitrogens with two attached hydrogens (primary N) is 1. The fourth-order valence-corrected chi connectivity index (χ4v) is 1.16. The van der Waals surface area contributed by atoms with Gasteiger partial charge in [-0.1, -0.05) is 0 Å². The van der Waals surface area contributed by atoms with Gasteiger partial charge in [-0.3, -0.25) is 0 Å². The molecule has 1 rings (SSSR count). The lowest BCUT2D eigenvalue weighted by atomic mass is 10.1. The van der Waals surface area contributed by atoms with Crippen molar-refractivity contribution in [3.8, 4) is 5.75 Å². The van der Waals surface area contributed by atoms with Gasteiger partial charge in [0, 0.05) is 17.8 Å². The molecular formula is C12H20N2O. The van der Waals surface area contributed by atoms with E-state index in [0.29, 0.717) is 6.61 Å². The maximum Gasteiger partial charge on any atom is 0.119 e. The number of ether oxygens (including phenoxy) is 1. The van der Waals surface area contributed by atoms with Crippen LogP contribution in [0.3, 0.4) is 0 Å². The van der Waals surface area contributed by atoms with E-state index in [9.17, 15) is 0 Å². The minimum Gasteiger partial charge on any atom is -0.492 e. The van der Waals surface area contributed by atoms with Gasteiger partial charge in [0.2, 0.25) is 0 Å². The van der Waals surface area contributed by atoms with E-state index < -0.39 is 0 Å². The van der Waals surface area contributed by atoms with Crippen LogP contribution in [0.4, 0.5) is 5.69 Å². The predicted octanol–water partition coefficient (Wildman–Crippen LogP) is 2.04. The summed E-state index contributed by atoms with van der Waals surface area (Å²) < 4.78 is 5.54. The quantitative estimate of drug-likeness (QED) is 0.588. The third kappa shape index (κ3) is 5.27. The number of anilines is 1. The molecule has 0 aliphatic carbocycles. The minimum absolute atomic E-state index is 0.143. The van der Waals surface area contributed by atoms with Crippen LogP contribution in [-0.4, -0.2) is 18.7 Å². The normalized spacial score (nSPS) is 11.4. The highest BCUT2D eigenvalue weighted by molar-refractivity contribution is 5.41. The molecule has 0 atom stereocenters. The third-order valence-electron chi connectivity index (χ3n) is 1.91. The number of rotatable bonds is 4. The number of hydrogen-bond acceptors (Lipinski definition) is 3. The molecule has 0 saturated carbocycles. The Kier molecular flexibility index (Phi) is 3.97. The summed E-state index contributed by atoms with van der Waals surface area (Å²) in [7, 11) is 0. The smallest absolute Gasteiger partial charge is 0.119 e. The highest BCUT2D eigenvalue weighted by Crippen LogP contribution is 2.12. The number of benzene rings is 1. The van der Waals surface area contributed by atoms with Gasteiger partial charge in [0.05, 0.1) is 0 Å². The first-order valence-corrected chi connectivity index (χ1v) is 5.21. The third-order valence-corrected chi connectivity index (χ3v) is 1.91. The average Bonchev–Trinajstić information content (AvgIpc) is 2.14. The summed E-state index contributed by atoms with van der Waals surface area (Å²) in [5.41, 5.74) is 6.47. The zero-order valence-electron chi connectivity index (χ0n) is 9.71. The van der Waals surface area contributed by atoms with Gasteiger partial charge in [0.15, 0.2) is 0 Å². The van der Waals surface area contributed by atoms with Gasteiger partial charge in [-0.2, -0.15) is 0 Å². The van der Waals surface area contributed by atoms with Crippen molar-refractivity contribution in [3.63, 3.8) is 0 Å². The van der Waals surface area contributed by atoms with Crippen LogP contribution >= 0.6 is 0 Å². The molecule has 0 amide bonds. The first-order valence-electron chi connectivity index (χ1n) is 5.21. The largest absolute Gasteiger partial charge is 0.492 e. The zero-order chi connectivity index (χ0) is 11.3. The van der Waals surface area contributed by atoms with E-state index in [1.165, 1.54) is 0 Å². The van der Waals surface area contributed by atoms with Crippen LogP contribution in [0, 0.1) is 0 Å². The maximum absolute atomic E-state index is 5.57. The SMILES string of the molecule is CC(C)(C)NCCOc1ccc(N)cc1. The topological polar surface area (TPSA) is 47.3 Å². The highest BCUT2D eigenvalue weighted by atomic mass is 16.5. The Bertz CT molecular complexity index is 287. The monoisotopic (exact) mass is 208 g/mol. The van der Waals surface area contributed by atoms with E-state index >= 15 is 0 Å². The van der Waals surface area contributed by atoms with Gasteiger partial charge in [-0.25, -0.2) is 0 Å². The lowest BCUT2D eigenvalue weighted by molar-refractivity contribution is 0.291. The lowest BCUT2D eigenvalue weighted by Crippen LogP contribution is -2.38. The van der Waals surface area contributed by atoms with Crippen LogP contribution in [0.15, 0.2) is 24.3 Å². The van der Waals surface area contributed by atoms with Gasteiger partial charge in [-0.05, 0) is 45.0 Å². The van der Waals surface area contributed by atoms with Crippen LogP contribution in [0.5, 0.6) is 5.75 Å². The van der Waals surface area contributed by atoms with Crippen molar-refractivity contribution in [2.75, 3.05) is 18.9 Å². The Morgan fingerprint density at radius 3 is 2.33 bits per heavy atom. The summed E-state index contributed by atoms with van der Waals surface area (Å²) in [6.45, 7) is 7.91. The van der Waals surface area contributed by atoms with Gasteiger partial charge in [0.1, 0.15) is 12.4 Å². The standard InChI is InChI=1S/C12H20N2O/c1-12(2,3)14-8-9-15-11-6-4-10(13)5-7-11/h4-7,14H,8-9,13H2,1-3H3. The van der Waals surface area contributed by atoms with E-state index in [0.717, 1.165) is 18.0 Å². The predicted molar refractivity (Wildman–Crippen MR) is 64.1 cm³/mol. The second-order valence-corrected chi connectivity index (χ2v) is 4.59. The molecule has 0 heterocycles. The molecule has 0 unspecified atom stereocenters. The molecule has 0 fully saturated rings. The summed E-state index contributed by atoms with van der Waals surface area (Å²) in [6.07, 6.45) is 0. The fourth-order valence-electron chi connectivity index (χ4n) is 1.16. The Hall–Kier alpha value is -1.22. The second-order valence-electron chi connectivity index (χ2n) is 4.59. The molecule has 84 valence electrons. The highest BCUT2D eigenvalue weighted by Gasteiger charge is 2.07. The molecule has 3 heteroatoms. The van der Waals surface area contributed by atoms with Crippen LogP contribution in [0.1, 0.15) is 20.8 Å². The van der Waals surface area contributed by atoms with E-state index in [-0.39, 0.29) is 5.54 Å². The van der Waals surface area contributed by atoms with E-state index in [2.05, 4.69) is 26.1 Å². The Morgan fingerprint density at radius 1 is 1.20 bits per heavy atom. The molecule has 1 aromatic rings. The van der Waals surface area contributed by atoms with E-state index in [1.54, 1.807) is 0 Å². The molecule has 0 aliphatic heterocycles. The lowest BCUT2D eigenvalue weighted by Gasteiger charge is -2.20. The molecule has 0 aliphatic rings. The van der Waals surface area contributed by atoms with Crippen molar-refractivity contribution < 1.29 is 4.74 Å². The maximum atomic E-state index is 5.57. The van der Waals surface area contributed by atoms with Crippen molar-refractivity contribution in [1.29, 1.82) is 0 Å². The Balaban J connectivity index is 2.23. The van der Waals surface area contributed by atoms with Crippen molar-refractivity contribution in [2.24, 2.45) is 0 Å². The minimum atomic E-state index is 0.143. The van der Waals surface area contributed by atoms with Crippen molar-refractivity contribution in [2.45, 2.75) is 26.3 Å². The first-order chi connectivity index (χ1) is 6.97. The van der Waals surface area contributed by atoms with E-state index in [4.69, 9.17) is 10.5 Å². The van der Waals surface area contributed by atoms with Gasteiger partial charge < -0.3 is 15.8 Å². The summed E-state index contributed by atoms with van der Waals surface area (Å²) in [5.74, 6) is 0.861. The zero-order valence-corrected chi connectivity index (χ0v) is 9.71. The summed E-state index contributed by atoms with van der Waals surface area (Å²) >= 11 is 0. The molecule has 0 saturated heterocycles. The van der Waals surface area contributed by atoms with Gasteiger partial charge in [-0.15, -0.1) is 0 Å². The van der Waals surface area contributed by atoms with Crippen molar-refractivity contribution in [1.82, 2.24) is 5.32 Å². The molecular weight excluding hydrogens is 188 g/mol. The van der Waals surface area contributed by atoms with Crippen LogP contribution in [0.25, 0.3) is 0 Å². The molecule has 0 bridgehead atoms. The molecule has 3 N–H and O–H groups in total. The number of nitrogens with one attached hydrogen (secondary N) is 1. The molecule has 0 aromatic heterocycles. The number of nitrogen functional groups attached to an aromatic ring is 1. The van der Waals surface area contributed by atoms with Crippen LogP contribution in [-0.2, 0) is 0 Å². The number of hydrogen-bond donors (Lipinski definition) is 2. The van der Waals surface area contributed by atoms with Crippen LogP contribution in [0.2, 0.25) is 0 Å². The van der Waals surface area contributed by atoms with Crippen molar-refractivity contribution >= 4 is 5.69 Å². The first kappa shape index (κ1) is 11.9. The van der Waals surface area contributed by atoms with Crippen LogP contribution < -0.4 is 15.8 Å². The molecule has 0 spiro atoms. The summed E-state index contributed by atoms with van der Waals surface area (Å²) in [5, 5.41) is 3.35. The second kappa shape index (κ2) is 5.03. The van der Waals surface area contributed by atoms with Gasteiger partial charge >= 0.3 is 0 Å². The van der Waals surface area contributed by atoms with E-state index in [1.807, 2.05) is 24.3 Å². The molecule has 15 heavy (non-hydrogen) atoms. The van der Waals surface area contributed by atoms with Crippen molar-refractivity contribution in [3.05, 3.63) is 24.3 Å². The molecule has 0 radical (unpaired) electrons. The molecule has 3 nitrogen and oxygen atoms in total. The Labute approximate surface area is 91.6 Å². The molecule has 1 aromatic carbocycles. The Morgan fingerprint density at radius 2 is 1.80 bits per heavy atom. The average molecular weight is 208 g/mol. The fraction of sp³-hybridized carbons (Fsp3) is 0.500. The summed E-state index contributed by atoms with van der Waals surface area (Å²) in [4.78, 5) is 0.